The van der Waals surface area contributed by atoms with Gasteiger partial charge in [0.15, 0.2) is 0 Å². The third-order valence-electron chi connectivity index (χ3n) is 3.44. The SMILES string of the molecule is CCCCCCC/C=C/C=C/C=C/CCCC(=O)CCC. The minimum absolute atomic E-state index is 0.406. The van der Waals surface area contributed by atoms with Gasteiger partial charge in [-0.3, -0.25) is 4.79 Å². The number of hydrogen-bond donors (Lipinski definition) is 0. The van der Waals surface area contributed by atoms with Gasteiger partial charge < -0.3 is 0 Å². The fourth-order valence-corrected chi connectivity index (χ4v) is 2.16. The van der Waals surface area contributed by atoms with Crippen molar-refractivity contribution in [2.24, 2.45) is 0 Å². The zero-order chi connectivity index (χ0) is 15.6. The Morgan fingerprint density at radius 1 is 0.667 bits per heavy atom. The van der Waals surface area contributed by atoms with E-state index in [1.807, 2.05) is 0 Å². The molecule has 0 N–H and O–H groups in total. The van der Waals surface area contributed by atoms with Crippen LogP contribution in [-0.4, -0.2) is 5.78 Å². The van der Waals surface area contributed by atoms with Crippen LogP contribution >= 0.6 is 0 Å². The highest BCUT2D eigenvalue weighted by Gasteiger charge is 1.97. The molecule has 0 bridgehead atoms. The molecule has 0 unspecified atom stereocenters. The minimum atomic E-state index is 0.406. The van der Waals surface area contributed by atoms with Crippen molar-refractivity contribution in [3.8, 4) is 0 Å². The molecule has 0 saturated heterocycles. The lowest BCUT2D eigenvalue weighted by Gasteiger charge is -1.95. The van der Waals surface area contributed by atoms with Crippen LogP contribution in [0.1, 0.15) is 84.5 Å². The monoisotopic (exact) mass is 290 g/mol. The number of Topliss-reactive ketones (excluding diaryl/α,β-unsaturated/α-hetero) is 1. The van der Waals surface area contributed by atoms with Crippen LogP contribution in [0.5, 0.6) is 0 Å². The van der Waals surface area contributed by atoms with Crippen molar-refractivity contribution in [1.29, 1.82) is 0 Å². The van der Waals surface area contributed by atoms with Crippen LogP contribution < -0.4 is 0 Å². The molecule has 0 saturated carbocycles. The van der Waals surface area contributed by atoms with Gasteiger partial charge in [0, 0.05) is 12.8 Å². The van der Waals surface area contributed by atoms with E-state index in [2.05, 4.69) is 50.3 Å². The summed E-state index contributed by atoms with van der Waals surface area (Å²) in [5.41, 5.74) is 0. The van der Waals surface area contributed by atoms with E-state index in [0.717, 1.165) is 32.1 Å². The highest BCUT2D eigenvalue weighted by Crippen LogP contribution is 2.05. The summed E-state index contributed by atoms with van der Waals surface area (Å²) in [6.07, 6.45) is 25.1. The van der Waals surface area contributed by atoms with Crippen LogP contribution in [0.25, 0.3) is 0 Å². The van der Waals surface area contributed by atoms with Gasteiger partial charge in [-0.25, -0.2) is 0 Å². The Labute approximate surface area is 132 Å². The summed E-state index contributed by atoms with van der Waals surface area (Å²) in [6.45, 7) is 4.31. The summed E-state index contributed by atoms with van der Waals surface area (Å²) in [5.74, 6) is 0.406. The van der Waals surface area contributed by atoms with Crippen molar-refractivity contribution in [3.05, 3.63) is 36.5 Å². The third-order valence-corrected chi connectivity index (χ3v) is 3.44. The van der Waals surface area contributed by atoms with Crippen LogP contribution in [0.15, 0.2) is 36.5 Å². The molecule has 0 amide bonds. The Hall–Kier alpha value is -1.11. The Balaban J connectivity index is 3.41. The first-order valence-electron chi connectivity index (χ1n) is 8.81. The molecule has 0 rings (SSSR count). The Morgan fingerprint density at radius 2 is 1.29 bits per heavy atom. The van der Waals surface area contributed by atoms with E-state index in [0.29, 0.717) is 5.78 Å². The van der Waals surface area contributed by atoms with Crippen LogP contribution in [-0.2, 0) is 4.79 Å². The standard InChI is InChI=1S/C20H34O/c1-3-5-6-7-8-9-10-11-12-13-14-15-16-17-19-20(21)18-4-2/h10-15H,3-9,16-19H2,1-2H3/b11-10+,13-12+,15-14+. The van der Waals surface area contributed by atoms with Crippen molar-refractivity contribution >= 4 is 5.78 Å². The maximum atomic E-state index is 11.3. The van der Waals surface area contributed by atoms with Gasteiger partial charge in [0.1, 0.15) is 5.78 Å². The first kappa shape index (κ1) is 19.9. The predicted octanol–water partition coefficient (Wildman–Crippen LogP) is 6.56. The zero-order valence-corrected chi connectivity index (χ0v) is 14.2. The van der Waals surface area contributed by atoms with Gasteiger partial charge in [-0.1, -0.05) is 76.0 Å². The van der Waals surface area contributed by atoms with E-state index in [1.165, 1.54) is 38.5 Å². The number of unbranched alkanes of at least 4 members (excludes halogenated alkanes) is 6. The first-order valence-corrected chi connectivity index (χ1v) is 8.81. The van der Waals surface area contributed by atoms with Gasteiger partial charge in [0.25, 0.3) is 0 Å². The second-order valence-corrected chi connectivity index (χ2v) is 5.62. The van der Waals surface area contributed by atoms with E-state index in [4.69, 9.17) is 0 Å². The first-order chi connectivity index (χ1) is 10.3. The largest absolute Gasteiger partial charge is 0.300 e. The number of ketones is 1. The van der Waals surface area contributed by atoms with Crippen LogP contribution in [0.2, 0.25) is 0 Å². The Bertz CT molecular complexity index is 310. The highest BCUT2D eigenvalue weighted by molar-refractivity contribution is 5.78. The molecule has 21 heavy (non-hydrogen) atoms. The molecule has 0 fully saturated rings. The molecule has 0 aromatic rings. The molecule has 0 aromatic carbocycles. The highest BCUT2D eigenvalue weighted by atomic mass is 16.1. The summed E-state index contributed by atoms with van der Waals surface area (Å²) in [7, 11) is 0. The predicted molar refractivity (Wildman–Crippen MR) is 94.6 cm³/mol. The van der Waals surface area contributed by atoms with Crippen molar-refractivity contribution in [2.75, 3.05) is 0 Å². The van der Waals surface area contributed by atoms with Gasteiger partial charge in [-0.05, 0) is 32.1 Å². The number of rotatable bonds is 14. The average Bonchev–Trinajstić information content (AvgIpc) is 2.48. The summed E-state index contributed by atoms with van der Waals surface area (Å²) < 4.78 is 0. The van der Waals surface area contributed by atoms with Crippen molar-refractivity contribution in [2.45, 2.75) is 84.5 Å². The molecule has 0 aliphatic carbocycles. The van der Waals surface area contributed by atoms with Crippen LogP contribution in [0, 0.1) is 0 Å². The molecule has 0 spiro atoms. The van der Waals surface area contributed by atoms with E-state index in [9.17, 15) is 4.79 Å². The number of carbonyl (C=O) groups is 1. The van der Waals surface area contributed by atoms with Gasteiger partial charge in [0.05, 0.1) is 0 Å². The van der Waals surface area contributed by atoms with Gasteiger partial charge in [-0.2, -0.15) is 0 Å². The lowest BCUT2D eigenvalue weighted by Crippen LogP contribution is -1.95. The molecule has 0 atom stereocenters. The second-order valence-electron chi connectivity index (χ2n) is 5.62. The van der Waals surface area contributed by atoms with Gasteiger partial charge in [-0.15, -0.1) is 0 Å². The molecule has 0 heterocycles. The maximum absolute atomic E-state index is 11.3. The normalized spacial score (nSPS) is 12.1. The lowest BCUT2D eigenvalue weighted by atomic mass is 10.1. The minimum Gasteiger partial charge on any atom is -0.300 e. The summed E-state index contributed by atoms with van der Waals surface area (Å²) in [4.78, 5) is 11.3. The molecule has 120 valence electrons. The zero-order valence-electron chi connectivity index (χ0n) is 14.2. The summed E-state index contributed by atoms with van der Waals surface area (Å²) >= 11 is 0. The van der Waals surface area contributed by atoms with E-state index >= 15 is 0 Å². The quantitative estimate of drug-likeness (QED) is 0.262. The fourth-order valence-electron chi connectivity index (χ4n) is 2.16. The average molecular weight is 290 g/mol. The van der Waals surface area contributed by atoms with E-state index in [-0.39, 0.29) is 0 Å². The maximum Gasteiger partial charge on any atom is 0.132 e. The van der Waals surface area contributed by atoms with Crippen molar-refractivity contribution in [3.63, 3.8) is 0 Å². The van der Waals surface area contributed by atoms with Gasteiger partial charge >= 0.3 is 0 Å². The number of carbonyl (C=O) groups excluding carboxylic acids is 1. The Morgan fingerprint density at radius 3 is 1.90 bits per heavy atom. The summed E-state index contributed by atoms with van der Waals surface area (Å²) in [5, 5.41) is 0. The smallest absolute Gasteiger partial charge is 0.132 e. The molecule has 1 nitrogen and oxygen atoms in total. The molecule has 0 aliphatic rings. The third kappa shape index (κ3) is 16.8. The van der Waals surface area contributed by atoms with Crippen molar-refractivity contribution < 1.29 is 4.79 Å². The summed E-state index contributed by atoms with van der Waals surface area (Å²) in [6, 6.07) is 0. The molecule has 0 aliphatic heterocycles. The molecule has 0 radical (unpaired) electrons. The molecule has 1 heteroatoms. The van der Waals surface area contributed by atoms with E-state index < -0.39 is 0 Å². The second kappa shape index (κ2) is 16.9. The Kier molecular flexibility index (Phi) is 16.0. The lowest BCUT2D eigenvalue weighted by molar-refractivity contribution is -0.119. The number of hydrogen-bond acceptors (Lipinski definition) is 1. The van der Waals surface area contributed by atoms with Crippen LogP contribution in [0.4, 0.5) is 0 Å². The van der Waals surface area contributed by atoms with Gasteiger partial charge in [0.2, 0.25) is 0 Å². The molecular formula is C20H34O. The molecular weight excluding hydrogens is 256 g/mol. The van der Waals surface area contributed by atoms with Crippen molar-refractivity contribution in [1.82, 2.24) is 0 Å². The molecule has 0 aromatic heterocycles. The fraction of sp³-hybridized carbons (Fsp3) is 0.650. The topological polar surface area (TPSA) is 17.1 Å². The number of allylic oxidation sites excluding steroid dienone is 6. The van der Waals surface area contributed by atoms with Crippen LogP contribution in [0.3, 0.4) is 0 Å². The van der Waals surface area contributed by atoms with E-state index in [1.54, 1.807) is 0 Å².